The van der Waals surface area contributed by atoms with Crippen LogP contribution < -0.4 is 4.74 Å². The van der Waals surface area contributed by atoms with E-state index in [1.54, 1.807) is 12.0 Å². The molecule has 1 unspecified atom stereocenters. The lowest BCUT2D eigenvalue weighted by atomic mass is 9.95. The first-order valence-corrected chi connectivity index (χ1v) is 20.0. The van der Waals surface area contributed by atoms with Crippen LogP contribution in [0.25, 0.3) is 22.0 Å². The average Bonchev–Trinajstić information content (AvgIpc) is 3.72. The lowest BCUT2D eigenvalue weighted by Crippen LogP contribution is -2.55. The Kier molecular flexibility index (Phi) is 9.05. The topological polar surface area (TPSA) is 112 Å². The van der Waals surface area contributed by atoms with E-state index in [1.165, 1.54) is 9.21 Å². The highest BCUT2D eigenvalue weighted by Crippen LogP contribution is 2.45. The molecule has 3 aliphatic rings. The number of hydrogen-bond acceptors (Lipinski definition) is 6. The molecule has 8 rings (SSSR count). The molecule has 1 saturated heterocycles. The SMILES string of the molecule is COc1ccc2[nH]c3c(c2c1)CCN(C(=O)OCC1c2ccccc2-c2ccccc21)C3C(=O)N1CCN(S(=O)(=O)c2c(C)c(C)c(C)c(C)c2C)CC1. The number of methoxy groups -OCH3 is 1. The average molecular weight is 747 g/mol. The van der Waals surface area contributed by atoms with Gasteiger partial charge in [-0.15, -0.1) is 0 Å². The molecule has 1 aliphatic carbocycles. The summed E-state index contributed by atoms with van der Waals surface area (Å²) in [7, 11) is -2.20. The number of H-pyrrole nitrogens is 1. The highest BCUT2D eigenvalue weighted by atomic mass is 32.2. The number of carbonyl (C=O) groups is 2. The number of nitrogens with zero attached hydrogens (tertiary/aromatic N) is 3. The van der Waals surface area contributed by atoms with Gasteiger partial charge in [-0.1, -0.05) is 48.5 Å². The van der Waals surface area contributed by atoms with Crippen molar-refractivity contribution in [1.29, 1.82) is 0 Å². The molecule has 1 fully saturated rings. The maximum atomic E-state index is 14.7. The summed E-state index contributed by atoms with van der Waals surface area (Å²) in [5, 5.41) is 0.944. The summed E-state index contributed by atoms with van der Waals surface area (Å²) >= 11 is 0. The number of sulfonamides is 1. The van der Waals surface area contributed by atoms with Crippen molar-refractivity contribution < 1.29 is 27.5 Å². The summed E-state index contributed by atoms with van der Waals surface area (Å²) in [6.07, 6.45) is -0.0364. The molecule has 280 valence electrons. The number of rotatable bonds is 6. The molecule has 11 heteroatoms. The largest absolute Gasteiger partial charge is 0.497 e. The zero-order valence-electron chi connectivity index (χ0n) is 31.7. The summed E-state index contributed by atoms with van der Waals surface area (Å²) < 4.78 is 41.4. The minimum absolute atomic E-state index is 0.125. The van der Waals surface area contributed by atoms with Crippen molar-refractivity contribution in [3.05, 3.63) is 117 Å². The molecule has 1 aromatic heterocycles. The lowest BCUT2D eigenvalue weighted by Gasteiger charge is -2.40. The highest BCUT2D eigenvalue weighted by molar-refractivity contribution is 7.89. The van der Waals surface area contributed by atoms with Crippen molar-refractivity contribution in [2.75, 3.05) is 46.4 Å². The second-order valence-electron chi connectivity index (χ2n) is 14.8. The molecule has 0 bridgehead atoms. The molecular formula is C43H46N4O6S. The monoisotopic (exact) mass is 746 g/mol. The second kappa shape index (κ2) is 13.6. The molecule has 5 aromatic rings. The lowest BCUT2D eigenvalue weighted by molar-refractivity contribution is -0.138. The number of ether oxygens (including phenoxy) is 2. The number of piperazine rings is 1. The third-order valence-corrected chi connectivity index (χ3v) is 14.4. The van der Waals surface area contributed by atoms with Gasteiger partial charge in [0.25, 0.3) is 5.91 Å². The van der Waals surface area contributed by atoms with Crippen LogP contribution in [0.2, 0.25) is 0 Å². The maximum Gasteiger partial charge on any atom is 0.410 e. The van der Waals surface area contributed by atoms with Crippen molar-refractivity contribution >= 4 is 32.9 Å². The smallest absolute Gasteiger partial charge is 0.410 e. The van der Waals surface area contributed by atoms with E-state index in [0.29, 0.717) is 22.8 Å². The van der Waals surface area contributed by atoms with Crippen molar-refractivity contribution in [3.8, 4) is 16.9 Å². The van der Waals surface area contributed by atoms with Crippen LogP contribution in [0.4, 0.5) is 4.79 Å². The van der Waals surface area contributed by atoms with Crippen LogP contribution in [-0.4, -0.2) is 85.9 Å². The number of benzene rings is 4. The van der Waals surface area contributed by atoms with Gasteiger partial charge in [0, 0.05) is 49.5 Å². The minimum atomic E-state index is -3.82. The third kappa shape index (κ3) is 5.67. The Morgan fingerprint density at radius 3 is 1.98 bits per heavy atom. The Bertz CT molecular complexity index is 2370. The molecule has 54 heavy (non-hydrogen) atoms. The van der Waals surface area contributed by atoms with Gasteiger partial charge in [0.1, 0.15) is 12.4 Å². The molecule has 1 atom stereocenters. The normalized spacial score (nSPS) is 17.3. The zero-order chi connectivity index (χ0) is 38.1. The minimum Gasteiger partial charge on any atom is -0.497 e. The number of hydrogen-bond donors (Lipinski definition) is 1. The Morgan fingerprint density at radius 2 is 1.37 bits per heavy atom. The Balaban J connectivity index is 1.07. The van der Waals surface area contributed by atoms with E-state index < -0.39 is 22.2 Å². The van der Waals surface area contributed by atoms with Crippen molar-refractivity contribution in [1.82, 2.24) is 19.1 Å². The Labute approximate surface area is 316 Å². The predicted octanol–water partition coefficient (Wildman–Crippen LogP) is 7.10. The van der Waals surface area contributed by atoms with Crippen molar-refractivity contribution in [2.45, 2.75) is 57.9 Å². The summed E-state index contributed by atoms with van der Waals surface area (Å²) in [5.74, 6) is 0.308. The quantitative estimate of drug-likeness (QED) is 0.199. The molecule has 10 nitrogen and oxygen atoms in total. The van der Waals surface area contributed by atoms with Gasteiger partial charge in [0.05, 0.1) is 17.7 Å². The molecule has 0 spiro atoms. The Morgan fingerprint density at radius 1 is 0.778 bits per heavy atom. The van der Waals surface area contributed by atoms with Crippen LogP contribution in [0.5, 0.6) is 5.75 Å². The first-order valence-electron chi connectivity index (χ1n) is 18.6. The molecule has 0 radical (unpaired) electrons. The fourth-order valence-electron chi connectivity index (χ4n) is 8.83. The fourth-order valence-corrected chi connectivity index (χ4v) is 10.8. The van der Waals surface area contributed by atoms with E-state index in [-0.39, 0.29) is 51.2 Å². The predicted molar refractivity (Wildman–Crippen MR) is 209 cm³/mol. The van der Waals surface area contributed by atoms with E-state index in [1.807, 2.05) is 77.1 Å². The zero-order valence-corrected chi connectivity index (χ0v) is 32.5. The van der Waals surface area contributed by atoms with Crippen LogP contribution in [-0.2, 0) is 26.0 Å². The van der Waals surface area contributed by atoms with Crippen LogP contribution in [0, 0.1) is 34.6 Å². The Hall–Kier alpha value is -5.13. The molecule has 2 aliphatic heterocycles. The maximum absolute atomic E-state index is 14.7. The van der Waals surface area contributed by atoms with Crippen molar-refractivity contribution in [3.63, 3.8) is 0 Å². The van der Waals surface area contributed by atoms with Crippen LogP contribution >= 0.6 is 0 Å². The molecule has 2 amide bonds. The van der Waals surface area contributed by atoms with Gasteiger partial charge in [-0.25, -0.2) is 13.2 Å². The van der Waals surface area contributed by atoms with Crippen molar-refractivity contribution in [2.24, 2.45) is 0 Å². The van der Waals surface area contributed by atoms with Crippen LogP contribution in [0.1, 0.15) is 62.2 Å². The van der Waals surface area contributed by atoms with Crippen LogP contribution in [0.15, 0.2) is 71.6 Å². The van der Waals surface area contributed by atoms with Gasteiger partial charge in [-0.3, -0.25) is 9.69 Å². The van der Waals surface area contributed by atoms with E-state index in [9.17, 15) is 18.0 Å². The molecule has 3 heterocycles. The summed E-state index contributed by atoms with van der Waals surface area (Å²) in [5.41, 5.74) is 11.5. The number of aromatic amines is 1. The highest BCUT2D eigenvalue weighted by Gasteiger charge is 2.43. The van der Waals surface area contributed by atoms with Gasteiger partial charge < -0.3 is 19.4 Å². The number of fused-ring (bicyclic) bond motifs is 6. The van der Waals surface area contributed by atoms with E-state index in [4.69, 9.17) is 9.47 Å². The summed E-state index contributed by atoms with van der Waals surface area (Å²) in [6.45, 7) is 10.8. The molecule has 1 N–H and O–H groups in total. The van der Waals surface area contributed by atoms with Gasteiger partial charge in [0.15, 0.2) is 6.04 Å². The number of nitrogens with one attached hydrogen (secondary N) is 1. The molecular weight excluding hydrogens is 701 g/mol. The van der Waals surface area contributed by atoms with Crippen LogP contribution in [0.3, 0.4) is 0 Å². The van der Waals surface area contributed by atoms with Gasteiger partial charge in [-0.2, -0.15) is 4.31 Å². The standard InChI is InChI=1S/C43H46N4O6S/c1-25-26(2)28(4)41(29(5)27(25)3)54(50,51)46-21-19-45(20-22-46)42(48)40-39-35(36-23-30(52-6)15-16-38(36)44-39)17-18-47(40)43(49)53-24-37-33-13-9-7-11-31(33)32-12-8-10-14-34(32)37/h7-16,23,37,40,44H,17-22,24H2,1-6H3. The second-order valence-corrected chi connectivity index (χ2v) is 16.6. The van der Waals surface area contributed by atoms with E-state index in [2.05, 4.69) is 29.2 Å². The van der Waals surface area contributed by atoms with E-state index >= 15 is 0 Å². The number of aromatic nitrogens is 1. The first-order chi connectivity index (χ1) is 25.9. The summed E-state index contributed by atoms with van der Waals surface area (Å²) in [4.78, 5) is 36.0. The van der Waals surface area contributed by atoms with Gasteiger partial charge >= 0.3 is 6.09 Å². The fraction of sp³-hybridized carbons (Fsp3) is 0.349. The van der Waals surface area contributed by atoms with E-state index in [0.717, 1.165) is 66.5 Å². The summed E-state index contributed by atoms with van der Waals surface area (Å²) in [6, 6.07) is 21.2. The van der Waals surface area contributed by atoms with Gasteiger partial charge in [0.2, 0.25) is 10.0 Å². The number of carbonyl (C=O) groups excluding carboxylic acids is 2. The third-order valence-electron chi connectivity index (χ3n) is 12.2. The number of amides is 2. The first kappa shape index (κ1) is 35.9. The van der Waals surface area contributed by atoms with Gasteiger partial charge in [-0.05, 0) is 115 Å². The molecule has 4 aromatic carbocycles. The molecule has 0 saturated carbocycles.